The van der Waals surface area contributed by atoms with Crippen molar-refractivity contribution in [3.63, 3.8) is 0 Å². The van der Waals surface area contributed by atoms with Crippen LogP contribution in [0.25, 0.3) is 0 Å². The molecule has 0 spiro atoms. The number of benzene rings is 1. The minimum absolute atomic E-state index is 0.776. The zero-order chi connectivity index (χ0) is 11.4. The first-order valence-electron chi connectivity index (χ1n) is 5.17. The second kappa shape index (κ2) is 5.07. The third-order valence-electron chi connectivity index (χ3n) is 2.33. The summed E-state index contributed by atoms with van der Waals surface area (Å²) in [5.74, 6) is 0.954. The van der Waals surface area contributed by atoms with Crippen molar-refractivity contribution in [2.75, 3.05) is 11.6 Å². The molecule has 2 aromatic rings. The Hall–Kier alpha value is -1.42. The zero-order valence-corrected chi connectivity index (χ0v) is 10.3. The van der Waals surface area contributed by atoms with Crippen LogP contribution in [0.3, 0.4) is 0 Å². The molecule has 3 nitrogen and oxygen atoms in total. The molecule has 16 heavy (non-hydrogen) atoms. The molecule has 1 heterocycles. The van der Waals surface area contributed by atoms with E-state index in [2.05, 4.69) is 39.7 Å². The van der Waals surface area contributed by atoms with Gasteiger partial charge >= 0.3 is 0 Å². The summed E-state index contributed by atoms with van der Waals surface area (Å²) in [6.45, 7) is 2.73. The van der Waals surface area contributed by atoms with Gasteiger partial charge in [-0.25, -0.2) is 4.98 Å². The van der Waals surface area contributed by atoms with Crippen LogP contribution < -0.4 is 5.32 Å². The van der Waals surface area contributed by atoms with Gasteiger partial charge < -0.3 is 10.3 Å². The number of aromatic amines is 1. The number of para-hydroxylation sites is 1. The molecule has 0 aliphatic rings. The lowest BCUT2D eigenvalue weighted by atomic mass is 10.3. The van der Waals surface area contributed by atoms with Crippen LogP contribution in [0.2, 0.25) is 0 Å². The number of aryl methyl sites for hydroxylation is 1. The van der Waals surface area contributed by atoms with Gasteiger partial charge in [-0.3, -0.25) is 0 Å². The van der Waals surface area contributed by atoms with E-state index in [9.17, 15) is 0 Å². The van der Waals surface area contributed by atoms with Crippen LogP contribution in [0.15, 0.2) is 35.4 Å². The van der Waals surface area contributed by atoms with Crippen molar-refractivity contribution >= 4 is 17.4 Å². The van der Waals surface area contributed by atoms with E-state index < -0.39 is 0 Å². The van der Waals surface area contributed by atoms with Gasteiger partial charge in [0, 0.05) is 10.6 Å². The highest BCUT2D eigenvalue weighted by atomic mass is 32.2. The van der Waals surface area contributed by atoms with Crippen molar-refractivity contribution in [1.29, 1.82) is 0 Å². The summed E-state index contributed by atoms with van der Waals surface area (Å²) in [6, 6.07) is 8.30. The molecular weight excluding hydrogens is 218 g/mol. The van der Waals surface area contributed by atoms with Gasteiger partial charge in [0.2, 0.25) is 0 Å². The molecule has 2 rings (SSSR count). The molecule has 0 aliphatic heterocycles. The monoisotopic (exact) mass is 233 g/mol. The number of nitrogens with zero attached hydrogens (tertiary/aromatic N) is 1. The van der Waals surface area contributed by atoms with E-state index in [0.29, 0.717) is 0 Å². The van der Waals surface area contributed by atoms with Gasteiger partial charge in [-0.15, -0.1) is 11.8 Å². The van der Waals surface area contributed by atoms with Crippen molar-refractivity contribution < 1.29 is 0 Å². The lowest BCUT2D eigenvalue weighted by Gasteiger charge is -2.08. The third-order valence-corrected chi connectivity index (χ3v) is 3.13. The van der Waals surface area contributed by atoms with Crippen LogP contribution in [0, 0.1) is 6.92 Å². The van der Waals surface area contributed by atoms with Gasteiger partial charge in [-0.2, -0.15) is 0 Å². The Morgan fingerprint density at radius 1 is 1.38 bits per heavy atom. The van der Waals surface area contributed by atoms with Crippen LogP contribution in [0.5, 0.6) is 0 Å². The summed E-state index contributed by atoms with van der Waals surface area (Å²) in [5, 5.41) is 3.40. The van der Waals surface area contributed by atoms with E-state index in [1.807, 2.05) is 19.2 Å². The maximum absolute atomic E-state index is 4.17. The Balaban J connectivity index is 2.04. The molecule has 0 fully saturated rings. The molecule has 2 N–H and O–H groups in total. The smallest absolute Gasteiger partial charge is 0.103 e. The van der Waals surface area contributed by atoms with Crippen molar-refractivity contribution in [3.8, 4) is 0 Å². The van der Waals surface area contributed by atoms with Gasteiger partial charge in [0.1, 0.15) is 5.82 Å². The predicted octanol–water partition coefficient (Wildman–Crippen LogP) is 3.05. The van der Waals surface area contributed by atoms with Crippen molar-refractivity contribution in [1.82, 2.24) is 9.97 Å². The molecule has 0 bridgehead atoms. The summed E-state index contributed by atoms with van der Waals surface area (Å²) < 4.78 is 0. The average Bonchev–Trinajstić information content (AvgIpc) is 2.73. The number of aromatic nitrogens is 2. The Labute approximate surface area is 99.7 Å². The second-order valence-electron chi connectivity index (χ2n) is 3.55. The molecule has 1 aromatic carbocycles. The summed E-state index contributed by atoms with van der Waals surface area (Å²) in [7, 11) is 0. The van der Waals surface area contributed by atoms with E-state index in [-0.39, 0.29) is 0 Å². The van der Waals surface area contributed by atoms with E-state index in [1.54, 1.807) is 11.8 Å². The maximum Gasteiger partial charge on any atom is 0.103 e. The van der Waals surface area contributed by atoms with Crippen LogP contribution in [0.1, 0.15) is 11.5 Å². The molecule has 0 saturated heterocycles. The average molecular weight is 233 g/mol. The molecule has 0 saturated carbocycles. The Bertz CT molecular complexity index is 465. The highest BCUT2D eigenvalue weighted by Crippen LogP contribution is 2.24. The lowest BCUT2D eigenvalue weighted by molar-refractivity contribution is 1.04. The summed E-state index contributed by atoms with van der Waals surface area (Å²) in [4.78, 5) is 8.64. The maximum atomic E-state index is 4.17. The number of hydrogen-bond acceptors (Lipinski definition) is 3. The van der Waals surface area contributed by atoms with Crippen molar-refractivity contribution in [3.05, 3.63) is 42.0 Å². The normalized spacial score (nSPS) is 10.4. The summed E-state index contributed by atoms with van der Waals surface area (Å²) in [5.41, 5.74) is 2.27. The fourth-order valence-corrected chi connectivity index (χ4v) is 2.12. The third kappa shape index (κ3) is 2.58. The van der Waals surface area contributed by atoms with Gasteiger partial charge in [-0.1, -0.05) is 12.1 Å². The van der Waals surface area contributed by atoms with E-state index in [1.165, 1.54) is 10.6 Å². The molecule has 0 aliphatic carbocycles. The Kier molecular flexibility index (Phi) is 3.51. The van der Waals surface area contributed by atoms with Crippen LogP contribution in [0.4, 0.5) is 5.69 Å². The number of rotatable bonds is 4. The lowest BCUT2D eigenvalue weighted by Crippen LogP contribution is -2.00. The molecule has 0 atom stereocenters. The minimum Gasteiger partial charge on any atom is -0.379 e. The van der Waals surface area contributed by atoms with Crippen LogP contribution in [-0.2, 0) is 6.54 Å². The SMILES string of the molecule is CSc1ccccc1NCc1cnc(C)[nH]1. The minimum atomic E-state index is 0.776. The van der Waals surface area contributed by atoms with Crippen molar-refractivity contribution in [2.45, 2.75) is 18.4 Å². The molecule has 4 heteroatoms. The molecule has 84 valence electrons. The van der Waals surface area contributed by atoms with E-state index in [0.717, 1.165) is 18.1 Å². The number of thioether (sulfide) groups is 1. The molecule has 0 radical (unpaired) electrons. The largest absolute Gasteiger partial charge is 0.379 e. The quantitative estimate of drug-likeness (QED) is 0.797. The highest BCUT2D eigenvalue weighted by Gasteiger charge is 2.00. The molecule has 1 aromatic heterocycles. The van der Waals surface area contributed by atoms with Crippen molar-refractivity contribution in [2.24, 2.45) is 0 Å². The Morgan fingerprint density at radius 3 is 2.88 bits per heavy atom. The van der Waals surface area contributed by atoms with Crippen LogP contribution >= 0.6 is 11.8 Å². The fourth-order valence-electron chi connectivity index (χ4n) is 1.54. The summed E-state index contributed by atoms with van der Waals surface area (Å²) in [6.07, 6.45) is 3.95. The second-order valence-corrected chi connectivity index (χ2v) is 4.40. The van der Waals surface area contributed by atoms with Crippen LogP contribution in [-0.4, -0.2) is 16.2 Å². The predicted molar refractivity (Wildman–Crippen MR) is 68.9 cm³/mol. The standard InChI is InChI=1S/C12H15N3S/c1-9-13-7-10(15-9)8-14-11-5-3-4-6-12(11)16-2/h3-7,14H,8H2,1-2H3,(H,13,15). The van der Waals surface area contributed by atoms with Gasteiger partial charge in [0.25, 0.3) is 0 Å². The fraction of sp³-hybridized carbons (Fsp3) is 0.250. The number of imidazole rings is 1. The molecule has 0 amide bonds. The van der Waals surface area contributed by atoms with E-state index in [4.69, 9.17) is 0 Å². The van der Waals surface area contributed by atoms with Gasteiger partial charge in [-0.05, 0) is 25.3 Å². The molecule has 0 unspecified atom stereocenters. The summed E-state index contributed by atoms with van der Waals surface area (Å²) >= 11 is 1.75. The number of H-pyrrole nitrogens is 1. The van der Waals surface area contributed by atoms with E-state index >= 15 is 0 Å². The highest BCUT2D eigenvalue weighted by molar-refractivity contribution is 7.98. The Morgan fingerprint density at radius 2 is 2.19 bits per heavy atom. The zero-order valence-electron chi connectivity index (χ0n) is 9.45. The first kappa shape index (κ1) is 11.1. The first-order valence-corrected chi connectivity index (χ1v) is 6.39. The number of anilines is 1. The number of nitrogens with one attached hydrogen (secondary N) is 2. The van der Waals surface area contributed by atoms with Gasteiger partial charge in [0.05, 0.1) is 18.4 Å². The first-order chi connectivity index (χ1) is 7.79. The molecular formula is C12H15N3S. The number of hydrogen-bond donors (Lipinski definition) is 2. The van der Waals surface area contributed by atoms with Gasteiger partial charge in [0.15, 0.2) is 0 Å². The topological polar surface area (TPSA) is 40.7 Å².